The summed E-state index contributed by atoms with van der Waals surface area (Å²) in [5, 5.41) is 4.77. The fourth-order valence-corrected chi connectivity index (χ4v) is 2.56. The number of hydrogen-bond acceptors (Lipinski definition) is 4. The fourth-order valence-electron chi connectivity index (χ4n) is 2.37. The largest absolute Gasteiger partial charge is 0.463 e. The van der Waals surface area contributed by atoms with Crippen LogP contribution in [0, 0.1) is 6.92 Å². The summed E-state index contributed by atoms with van der Waals surface area (Å²) in [6.45, 7) is 4.13. The number of carbonyl (C=O) groups excluding carboxylic acids is 1. The molecular formula is C18H16ClN3O2. The van der Waals surface area contributed by atoms with Crippen LogP contribution in [-0.4, -0.2) is 27.3 Å². The normalized spacial score (nSPS) is 10.6. The summed E-state index contributed by atoms with van der Waals surface area (Å²) < 4.78 is 6.63. The van der Waals surface area contributed by atoms with Gasteiger partial charge in [-0.25, -0.2) is 0 Å². The highest BCUT2D eigenvalue weighted by Crippen LogP contribution is 2.24. The smallest absolute Gasteiger partial charge is 0.336 e. The Labute approximate surface area is 144 Å². The Hall–Kier alpha value is -2.66. The quantitative estimate of drug-likeness (QED) is 0.720. The van der Waals surface area contributed by atoms with Crippen LogP contribution in [0.5, 0.6) is 6.01 Å². The van der Waals surface area contributed by atoms with Crippen molar-refractivity contribution in [3.63, 3.8) is 0 Å². The number of nitrogens with zero attached hydrogens (tertiary/aromatic N) is 3. The summed E-state index contributed by atoms with van der Waals surface area (Å²) in [7, 11) is 0. The van der Waals surface area contributed by atoms with Gasteiger partial charge in [-0.1, -0.05) is 41.9 Å². The maximum Gasteiger partial charge on any atom is 0.336 e. The first-order chi connectivity index (χ1) is 11.6. The second kappa shape index (κ2) is 6.84. The molecule has 0 amide bonds. The van der Waals surface area contributed by atoms with E-state index in [0.717, 1.165) is 5.56 Å². The molecule has 3 aromatic rings. The van der Waals surface area contributed by atoms with Crippen molar-refractivity contribution in [2.75, 3.05) is 6.61 Å². The minimum atomic E-state index is -0.262. The number of aryl methyl sites for hydroxylation is 1. The van der Waals surface area contributed by atoms with Crippen molar-refractivity contribution in [1.29, 1.82) is 0 Å². The van der Waals surface area contributed by atoms with E-state index in [1.165, 1.54) is 4.68 Å². The van der Waals surface area contributed by atoms with Crippen molar-refractivity contribution in [2.45, 2.75) is 13.8 Å². The van der Waals surface area contributed by atoms with Crippen LogP contribution < -0.4 is 4.74 Å². The van der Waals surface area contributed by atoms with Gasteiger partial charge in [-0.15, -0.1) is 5.10 Å². The molecule has 0 unspecified atom stereocenters. The molecule has 5 nitrogen and oxygen atoms in total. The summed E-state index contributed by atoms with van der Waals surface area (Å²) in [5.74, 6) is 0.135. The topological polar surface area (TPSA) is 57.0 Å². The van der Waals surface area contributed by atoms with E-state index in [1.807, 2.05) is 38.1 Å². The van der Waals surface area contributed by atoms with Crippen molar-refractivity contribution < 1.29 is 9.53 Å². The third-order valence-electron chi connectivity index (χ3n) is 3.51. The minimum Gasteiger partial charge on any atom is -0.463 e. The highest BCUT2D eigenvalue weighted by atomic mass is 35.5. The Morgan fingerprint density at radius 2 is 2.00 bits per heavy atom. The van der Waals surface area contributed by atoms with Gasteiger partial charge in [0.2, 0.25) is 0 Å². The summed E-state index contributed by atoms with van der Waals surface area (Å²) in [6, 6.07) is 14.6. The monoisotopic (exact) mass is 341 g/mol. The third-order valence-corrected chi connectivity index (χ3v) is 3.75. The molecule has 0 aliphatic rings. The van der Waals surface area contributed by atoms with Crippen molar-refractivity contribution in [2.24, 2.45) is 0 Å². The lowest BCUT2D eigenvalue weighted by Crippen LogP contribution is -2.16. The Kier molecular flexibility index (Phi) is 4.62. The van der Waals surface area contributed by atoms with Crippen molar-refractivity contribution >= 4 is 17.5 Å². The molecule has 0 aliphatic carbocycles. The van der Waals surface area contributed by atoms with Crippen LogP contribution in [0.4, 0.5) is 0 Å². The van der Waals surface area contributed by atoms with Gasteiger partial charge in [-0.3, -0.25) is 4.79 Å². The zero-order chi connectivity index (χ0) is 17.1. The number of aromatic nitrogens is 3. The molecule has 1 heterocycles. The maximum atomic E-state index is 12.9. The SMILES string of the molecule is CCOc1nc(-c2cccc(Cl)c2)n(C(=O)c2ccccc2C)n1. The van der Waals surface area contributed by atoms with Gasteiger partial charge in [0.25, 0.3) is 5.91 Å². The van der Waals surface area contributed by atoms with E-state index < -0.39 is 0 Å². The second-order valence-corrected chi connectivity index (χ2v) is 5.63. The highest BCUT2D eigenvalue weighted by Gasteiger charge is 2.21. The van der Waals surface area contributed by atoms with Gasteiger partial charge in [0.05, 0.1) is 6.61 Å². The summed E-state index contributed by atoms with van der Waals surface area (Å²) >= 11 is 6.06. The predicted molar refractivity (Wildman–Crippen MR) is 92.5 cm³/mol. The molecule has 0 N–H and O–H groups in total. The van der Waals surface area contributed by atoms with Gasteiger partial charge in [-0.2, -0.15) is 9.67 Å². The zero-order valence-corrected chi connectivity index (χ0v) is 14.1. The van der Waals surface area contributed by atoms with E-state index in [9.17, 15) is 4.79 Å². The third kappa shape index (κ3) is 3.16. The van der Waals surface area contributed by atoms with E-state index >= 15 is 0 Å². The van der Waals surface area contributed by atoms with Crippen LogP contribution in [0.1, 0.15) is 22.8 Å². The van der Waals surface area contributed by atoms with Crippen LogP contribution in [0.2, 0.25) is 5.02 Å². The van der Waals surface area contributed by atoms with E-state index in [-0.39, 0.29) is 11.9 Å². The highest BCUT2D eigenvalue weighted by molar-refractivity contribution is 6.30. The number of halogens is 1. The van der Waals surface area contributed by atoms with Crippen LogP contribution in [0.25, 0.3) is 11.4 Å². The second-order valence-electron chi connectivity index (χ2n) is 5.19. The zero-order valence-electron chi connectivity index (χ0n) is 13.4. The first kappa shape index (κ1) is 16.2. The molecule has 0 radical (unpaired) electrons. The molecule has 6 heteroatoms. The Morgan fingerprint density at radius 3 is 2.71 bits per heavy atom. The molecule has 122 valence electrons. The molecule has 0 bridgehead atoms. The molecule has 3 rings (SSSR count). The average molecular weight is 342 g/mol. The van der Waals surface area contributed by atoms with Crippen LogP contribution in [-0.2, 0) is 0 Å². The molecule has 24 heavy (non-hydrogen) atoms. The number of ether oxygens (including phenoxy) is 1. The van der Waals surface area contributed by atoms with Crippen molar-refractivity contribution in [3.05, 3.63) is 64.7 Å². The number of rotatable bonds is 4. The molecule has 0 spiro atoms. The van der Waals surface area contributed by atoms with Crippen molar-refractivity contribution in [1.82, 2.24) is 14.8 Å². The van der Waals surface area contributed by atoms with E-state index in [1.54, 1.807) is 24.3 Å². The Balaban J connectivity index is 2.13. The molecule has 0 atom stereocenters. The van der Waals surface area contributed by atoms with E-state index in [2.05, 4.69) is 10.1 Å². The number of carbonyl (C=O) groups is 1. The maximum absolute atomic E-state index is 12.9. The minimum absolute atomic E-state index is 0.161. The lowest BCUT2D eigenvalue weighted by molar-refractivity contribution is 0.0944. The van der Waals surface area contributed by atoms with Gasteiger partial charge < -0.3 is 4.74 Å². The van der Waals surface area contributed by atoms with Gasteiger partial charge >= 0.3 is 6.01 Å². The van der Waals surface area contributed by atoms with E-state index in [0.29, 0.717) is 28.6 Å². The molecule has 0 fully saturated rings. The van der Waals surface area contributed by atoms with Crippen LogP contribution in [0.3, 0.4) is 0 Å². The number of benzene rings is 2. The fraction of sp³-hybridized carbons (Fsp3) is 0.167. The van der Waals surface area contributed by atoms with Gasteiger partial charge in [-0.05, 0) is 37.6 Å². The van der Waals surface area contributed by atoms with E-state index in [4.69, 9.17) is 16.3 Å². The molecule has 2 aromatic carbocycles. The first-order valence-corrected chi connectivity index (χ1v) is 7.94. The lowest BCUT2D eigenvalue weighted by atomic mass is 10.1. The van der Waals surface area contributed by atoms with Gasteiger partial charge in [0.15, 0.2) is 5.82 Å². The standard InChI is InChI=1S/C18H16ClN3O2/c1-3-24-18-20-16(13-8-6-9-14(19)11-13)22(21-18)17(23)15-10-5-4-7-12(15)2/h4-11H,3H2,1-2H3. The van der Waals surface area contributed by atoms with Crippen molar-refractivity contribution in [3.8, 4) is 17.4 Å². The first-order valence-electron chi connectivity index (χ1n) is 7.56. The summed E-state index contributed by atoms with van der Waals surface area (Å²) in [5.41, 5.74) is 2.13. The van der Waals surface area contributed by atoms with Crippen LogP contribution in [0.15, 0.2) is 48.5 Å². The molecule has 0 saturated carbocycles. The lowest BCUT2D eigenvalue weighted by Gasteiger charge is -2.07. The van der Waals surface area contributed by atoms with Gasteiger partial charge in [0, 0.05) is 16.1 Å². The van der Waals surface area contributed by atoms with Crippen LogP contribution >= 0.6 is 11.6 Å². The Bertz CT molecular complexity index is 889. The van der Waals surface area contributed by atoms with Gasteiger partial charge in [0.1, 0.15) is 0 Å². The molecule has 0 saturated heterocycles. The predicted octanol–water partition coefficient (Wildman–Crippen LogP) is 3.99. The summed E-state index contributed by atoms with van der Waals surface area (Å²) in [6.07, 6.45) is 0. The number of hydrogen-bond donors (Lipinski definition) is 0. The summed E-state index contributed by atoms with van der Waals surface area (Å²) in [4.78, 5) is 17.3. The Morgan fingerprint density at radius 1 is 1.21 bits per heavy atom. The average Bonchev–Trinajstić information content (AvgIpc) is 2.99. The molecular weight excluding hydrogens is 326 g/mol. The molecule has 1 aromatic heterocycles. The molecule has 0 aliphatic heterocycles.